The number of rotatable bonds is 4. The van der Waals surface area contributed by atoms with Crippen molar-refractivity contribution in [2.24, 2.45) is 0 Å². The lowest BCUT2D eigenvalue weighted by Gasteiger charge is -2.22. The van der Waals surface area contributed by atoms with Crippen molar-refractivity contribution in [3.8, 4) is 0 Å². The van der Waals surface area contributed by atoms with Gasteiger partial charge in [-0.1, -0.05) is 36.4 Å². The smallest absolute Gasteiger partial charge is 0.254 e. The van der Waals surface area contributed by atoms with Crippen molar-refractivity contribution in [2.45, 2.75) is 26.9 Å². The van der Waals surface area contributed by atoms with Gasteiger partial charge in [-0.25, -0.2) is 0 Å². The Bertz CT molecular complexity index is 615. The number of aliphatic hydroxyl groups is 1. The van der Waals surface area contributed by atoms with Crippen LogP contribution in [0.25, 0.3) is 10.8 Å². The quantitative estimate of drug-likeness (QED) is 0.926. The molecule has 20 heavy (non-hydrogen) atoms. The van der Waals surface area contributed by atoms with Gasteiger partial charge in [-0.3, -0.25) is 4.79 Å². The third kappa shape index (κ3) is 2.54. The van der Waals surface area contributed by atoms with E-state index in [9.17, 15) is 9.90 Å². The van der Waals surface area contributed by atoms with Crippen LogP contribution in [-0.4, -0.2) is 29.0 Å². The molecule has 2 aromatic carbocycles. The van der Waals surface area contributed by atoms with Crippen LogP contribution in [0, 0.1) is 0 Å². The molecule has 0 aliphatic rings. The van der Waals surface area contributed by atoms with Crippen LogP contribution < -0.4 is 0 Å². The highest BCUT2D eigenvalue weighted by molar-refractivity contribution is 6.08. The zero-order valence-electron chi connectivity index (χ0n) is 12.3. The molecule has 0 aliphatic heterocycles. The summed E-state index contributed by atoms with van der Waals surface area (Å²) in [6.45, 7) is 6.96. The molecule has 0 bridgehead atoms. The first kappa shape index (κ1) is 14.5. The van der Waals surface area contributed by atoms with Crippen LogP contribution in [0.3, 0.4) is 0 Å². The van der Waals surface area contributed by atoms with Gasteiger partial charge in [-0.2, -0.15) is 0 Å². The van der Waals surface area contributed by atoms with E-state index in [0.717, 1.165) is 10.8 Å². The van der Waals surface area contributed by atoms with Gasteiger partial charge in [0.2, 0.25) is 0 Å². The van der Waals surface area contributed by atoms with Crippen LogP contribution >= 0.6 is 0 Å². The third-order valence-electron chi connectivity index (χ3n) is 3.68. The van der Waals surface area contributed by atoms with E-state index in [-0.39, 0.29) is 5.91 Å². The molecule has 2 rings (SSSR count). The first-order valence-electron chi connectivity index (χ1n) is 7.09. The lowest BCUT2D eigenvalue weighted by atomic mass is 9.95. The maximum Gasteiger partial charge on any atom is 0.254 e. The van der Waals surface area contributed by atoms with E-state index < -0.39 is 6.10 Å². The molecule has 0 aliphatic carbocycles. The molecule has 1 N–H and O–H groups in total. The van der Waals surface area contributed by atoms with Gasteiger partial charge in [-0.15, -0.1) is 0 Å². The van der Waals surface area contributed by atoms with Crippen LogP contribution in [0.2, 0.25) is 0 Å². The van der Waals surface area contributed by atoms with Crippen LogP contribution in [0.1, 0.15) is 42.8 Å². The Morgan fingerprint density at radius 1 is 1.15 bits per heavy atom. The standard InChI is InChI=1S/C17H21NO2/c1-4-18(5-2)17(20)16-14(12(3)19)11-10-13-8-6-7-9-15(13)16/h6-12,19H,4-5H2,1-3H3/t12-/m0/s1. The topological polar surface area (TPSA) is 40.5 Å². The highest BCUT2D eigenvalue weighted by Gasteiger charge is 2.21. The fourth-order valence-corrected chi connectivity index (χ4v) is 2.54. The summed E-state index contributed by atoms with van der Waals surface area (Å²) in [5.74, 6) is -0.0114. The van der Waals surface area contributed by atoms with Gasteiger partial charge in [0.25, 0.3) is 5.91 Å². The molecule has 0 aromatic heterocycles. The van der Waals surface area contributed by atoms with E-state index in [1.165, 1.54) is 0 Å². The molecule has 0 unspecified atom stereocenters. The summed E-state index contributed by atoms with van der Waals surface area (Å²) in [4.78, 5) is 14.5. The Balaban J connectivity index is 2.69. The normalized spacial score (nSPS) is 12.4. The summed E-state index contributed by atoms with van der Waals surface area (Å²) in [5, 5.41) is 11.9. The Morgan fingerprint density at radius 2 is 1.80 bits per heavy atom. The van der Waals surface area contributed by atoms with E-state index in [1.807, 2.05) is 50.2 Å². The molecule has 2 aromatic rings. The lowest BCUT2D eigenvalue weighted by molar-refractivity contribution is 0.0768. The van der Waals surface area contributed by atoms with Crippen molar-refractivity contribution in [3.63, 3.8) is 0 Å². The van der Waals surface area contributed by atoms with Gasteiger partial charge < -0.3 is 10.0 Å². The second-order valence-corrected chi connectivity index (χ2v) is 4.90. The molecule has 1 amide bonds. The van der Waals surface area contributed by atoms with Crippen molar-refractivity contribution in [2.75, 3.05) is 13.1 Å². The number of carbonyl (C=O) groups is 1. The predicted molar refractivity (Wildman–Crippen MR) is 81.8 cm³/mol. The minimum Gasteiger partial charge on any atom is -0.389 e. The van der Waals surface area contributed by atoms with Crippen LogP contribution in [0.15, 0.2) is 36.4 Å². The lowest BCUT2D eigenvalue weighted by Crippen LogP contribution is -2.31. The maximum atomic E-state index is 12.8. The zero-order chi connectivity index (χ0) is 14.7. The third-order valence-corrected chi connectivity index (χ3v) is 3.68. The molecular formula is C17H21NO2. The largest absolute Gasteiger partial charge is 0.389 e. The Kier molecular flexibility index (Phi) is 4.40. The minimum atomic E-state index is -0.658. The molecule has 0 spiro atoms. The molecule has 3 nitrogen and oxygen atoms in total. The van der Waals surface area contributed by atoms with Gasteiger partial charge in [-0.05, 0) is 37.1 Å². The predicted octanol–water partition coefficient (Wildman–Crippen LogP) is 3.38. The summed E-state index contributed by atoms with van der Waals surface area (Å²) in [5.41, 5.74) is 1.32. The second kappa shape index (κ2) is 6.06. The fourth-order valence-electron chi connectivity index (χ4n) is 2.54. The fraction of sp³-hybridized carbons (Fsp3) is 0.353. The van der Waals surface area contributed by atoms with Crippen molar-refractivity contribution < 1.29 is 9.90 Å². The van der Waals surface area contributed by atoms with Gasteiger partial charge in [0.05, 0.1) is 11.7 Å². The molecule has 0 saturated heterocycles. The first-order chi connectivity index (χ1) is 9.60. The monoisotopic (exact) mass is 271 g/mol. The van der Waals surface area contributed by atoms with Crippen LogP contribution in [0.5, 0.6) is 0 Å². The Labute approximate surface area is 119 Å². The average molecular weight is 271 g/mol. The molecule has 0 radical (unpaired) electrons. The molecule has 0 saturated carbocycles. The highest BCUT2D eigenvalue weighted by atomic mass is 16.3. The van der Waals surface area contributed by atoms with E-state index in [0.29, 0.717) is 24.2 Å². The SMILES string of the molecule is CCN(CC)C(=O)c1c([C@H](C)O)ccc2ccccc12. The number of nitrogens with zero attached hydrogens (tertiary/aromatic N) is 1. The number of amides is 1. The number of hydrogen-bond donors (Lipinski definition) is 1. The Hall–Kier alpha value is -1.87. The maximum absolute atomic E-state index is 12.8. The Morgan fingerprint density at radius 3 is 2.40 bits per heavy atom. The first-order valence-corrected chi connectivity index (χ1v) is 7.09. The summed E-state index contributed by atoms with van der Waals surface area (Å²) in [7, 11) is 0. The molecule has 0 fully saturated rings. The summed E-state index contributed by atoms with van der Waals surface area (Å²) in [6.07, 6.45) is -0.658. The number of hydrogen-bond acceptors (Lipinski definition) is 2. The van der Waals surface area contributed by atoms with Crippen LogP contribution in [-0.2, 0) is 0 Å². The van der Waals surface area contributed by atoms with Crippen molar-refractivity contribution >= 4 is 16.7 Å². The van der Waals surface area contributed by atoms with E-state index in [4.69, 9.17) is 0 Å². The van der Waals surface area contributed by atoms with E-state index in [2.05, 4.69) is 0 Å². The molecule has 1 atom stereocenters. The number of aliphatic hydroxyl groups excluding tert-OH is 1. The summed E-state index contributed by atoms with van der Waals surface area (Å²) < 4.78 is 0. The summed E-state index contributed by atoms with van der Waals surface area (Å²) >= 11 is 0. The van der Waals surface area contributed by atoms with Crippen molar-refractivity contribution in [1.29, 1.82) is 0 Å². The molecule has 106 valence electrons. The van der Waals surface area contributed by atoms with E-state index in [1.54, 1.807) is 11.8 Å². The molecular weight excluding hydrogens is 250 g/mol. The van der Waals surface area contributed by atoms with Crippen molar-refractivity contribution in [1.82, 2.24) is 4.90 Å². The number of fused-ring (bicyclic) bond motifs is 1. The number of carbonyl (C=O) groups excluding carboxylic acids is 1. The van der Waals surface area contributed by atoms with Gasteiger partial charge in [0.15, 0.2) is 0 Å². The zero-order valence-corrected chi connectivity index (χ0v) is 12.3. The minimum absolute atomic E-state index is 0.0114. The van der Waals surface area contributed by atoms with Gasteiger partial charge >= 0.3 is 0 Å². The van der Waals surface area contributed by atoms with Gasteiger partial charge in [0.1, 0.15) is 0 Å². The average Bonchev–Trinajstić information content (AvgIpc) is 2.46. The molecule has 0 heterocycles. The highest BCUT2D eigenvalue weighted by Crippen LogP contribution is 2.28. The molecule has 3 heteroatoms. The second-order valence-electron chi connectivity index (χ2n) is 4.90. The summed E-state index contributed by atoms with van der Waals surface area (Å²) in [6, 6.07) is 11.6. The van der Waals surface area contributed by atoms with Crippen LogP contribution in [0.4, 0.5) is 0 Å². The van der Waals surface area contributed by atoms with Crippen molar-refractivity contribution in [3.05, 3.63) is 47.5 Å². The van der Waals surface area contributed by atoms with E-state index >= 15 is 0 Å². The number of benzene rings is 2. The van der Waals surface area contributed by atoms with Gasteiger partial charge in [0, 0.05) is 13.1 Å².